The first-order valence-corrected chi connectivity index (χ1v) is 25.3. The summed E-state index contributed by atoms with van der Waals surface area (Å²) in [5, 5.41) is 35.1. The van der Waals surface area contributed by atoms with Crippen molar-refractivity contribution in [1.29, 1.82) is 5.26 Å². The summed E-state index contributed by atoms with van der Waals surface area (Å²) in [6.45, 7) is 11.1. The smallest absolute Gasteiger partial charge is 0.312 e. The van der Waals surface area contributed by atoms with Crippen LogP contribution in [-0.2, 0) is 10.0 Å². The topological polar surface area (TPSA) is 223 Å². The molecule has 2 aromatic carbocycles. The summed E-state index contributed by atoms with van der Waals surface area (Å²) in [7, 11) is -4.70. The van der Waals surface area contributed by atoms with Gasteiger partial charge in [0.1, 0.15) is 27.9 Å². The van der Waals surface area contributed by atoms with Gasteiger partial charge in [0.15, 0.2) is 0 Å². The molecule has 1 spiro atoms. The second kappa shape index (κ2) is 19.3. The number of carbonyl (C=O) groups excluding carboxylic acids is 1. The first-order valence-electron chi connectivity index (χ1n) is 23.8. The number of aromatic amines is 1. The fourth-order valence-corrected chi connectivity index (χ4v) is 11.9. The van der Waals surface area contributed by atoms with E-state index in [0.717, 1.165) is 76.4 Å². The van der Waals surface area contributed by atoms with E-state index in [1.54, 1.807) is 19.1 Å². The molecule has 3 aromatic heterocycles. The Labute approximate surface area is 401 Å². The Morgan fingerprint density at radius 2 is 1.81 bits per heavy atom. The molecule has 0 bridgehead atoms. The number of aliphatic hydroxyl groups is 1. The van der Waals surface area contributed by atoms with Crippen LogP contribution in [0.3, 0.4) is 0 Å². The standard InChI is InChI=1S/C50H59FN10O7S/c1-32(2)38-6-4-5-7-39(38)44-31-58(19-16-52)20-21-60(44)35-25-50(26-35)14-17-59(18-15-50)34-8-9-40(45(22-34)68-36-23-41-42(51)30-56-46(41)54-28-36)48(62)57-69(66,67)37-24-43(61(64)65)47(55-29-37)53-27-33-10-12-49(3,63)13-11-33/h4-9,22-24,28-30,32-33,35,44,63H,10-15,17-21,25-27,31H2,1-3H3,(H,53,55)(H,54,56)(H,57,62)/t33?,44-,49?/m0/s1. The number of H-pyrrole nitrogens is 1. The van der Waals surface area contributed by atoms with Gasteiger partial charge in [0.25, 0.3) is 15.9 Å². The highest BCUT2D eigenvalue weighted by molar-refractivity contribution is 7.90. The number of fused-ring (bicyclic) bond motifs is 1. The lowest BCUT2D eigenvalue weighted by Crippen LogP contribution is -2.60. The maximum Gasteiger partial charge on any atom is 0.312 e. The SMILES string of the molecule is CC(C)c1ccccc1[C@@H]1CN(CC#N)CCN1C1CC2(CCN(c3ccc(C(=O)NS(=O)(=O)c4cnc(NCC5CCC(C)(O)CC5)c([N+](=O)[O-])c4)c(Oc4cnc5[nH]cc(F)c5c4)c3)CC2)C1. The highest BCUT2D eigenvalue weighted by atomic mass is 32.2. The van der Waals surface area contributed by atoms with E-state index >= 15 is 0 Å². The van der Waals surface area contributed by atoms with Crippen LogP contribution < -0.4 is 19.7 Å². The Bertz CT molecular complexity index is 2880. The van der Waals surface area contributed by atoms with E-state index in [1.807, 2.05) is 4.72 Å². The van der Waals surface area contributed by atoms with E-state index < -0.39 is 42.9 Å². The molecule has 2 saturated heterocycles. The summed E-state index contributed by atoms with van der Waals surface area (Å²) in [5.74, 6) is -1.09. The lowest BCUT2D eigenvalue weighted by Gasteiger charge is -2.58. The van der Waals surface area contributed by atoms with Crippen molar-refractivity contribution in [2.24, 2.45) is 11.3 Å². The molecule has 4 N–H and O–H groups in total. The number of halogens is 1. The van der Waals surface area contributed by atoms with Gasteiger partial charge in [0, 0.05) is 75.4 Å². The van der Waals surface area contributed by atoms with Crippen molar-refractivity contribution in [3.05, 3.63) is 106 Å². The Hall–Kier alpha value is -6.20. The highest BCUT2D eigenvalue weighted by Crippen LogP contribution is 2.53. The number of nitrogens with zero attached hydrogens (tertiary/aromatic N) is 7. The van der Waals surface area contributed by atoms with E-state index in [2.05, 4.69) is 79.2 Å². The van der Waals surface area contributed by atoms with E-state index in [4.69, 9.17) is 4.74 Å². The van der Waals surface area contributed by atoms with Crippen LogP contribution in [0, 0.1) is 38.6 Å². The van der Waals surface area contributed by atoms with Crippen LogP contribution in [0.1, 0.15) is 106 Å². The molecule has 2 aliphatic carbocycles. The van der Waals surface area contributed by atoms with Crippen molar-refractivity contribution in [3.63, 3.8) is 0 Å². The third-order valence-electron chi connectivity index (χ3n) is 15.0. The second-order valence-corrected chi connectivity index (χ2v) is 21.7. The molecule has 2 saturated carbocycles. The summed E-state index contributed by atoms with van der Waals surface area (Å²) in [4.78, 5) is 43.1. The number of rotatable bonds is 14. The van der Waals surface area contributed by atoms with Gasteiger partial charge < -0.3 is 25.0 Å². The van der Waals surface area contributed by atoms with Crippen LogP contribution in [0.15, 0.2) is 78.1 Å². The minimum absolute atomic E-state index is 0.00238. The number of carbonyl (C=O) groups is 1. The first kappa shape index (κ1) is 47.8. The Morgan fingerprint density at radius 1 is 1.06 bits per heavy atom. The van der Waals surface area contributed by atoms with Gasteiger partial charge >= 0.3 is 5.69 Å². The minimum atomic E-state index is -4.70. The number of benzene rings is 2. The molecule has 4 aliphatic rings. The van der Waals surface area contributed by atoms with Gasteiger partial charge in [0.05, 0.1) is 46.5 Å². The molecule has 364 valence electrons. The van der Waals surface area contributed by atoms with Gasteiger partial charge in [-0.3, -0.25) is 24.7 Å². The van der Waals surface area contributed by atoms with E-state index in [9.17, 15) is 38.1 Å². The lowest BCUT2D eigenvalue weighted by molar-refractivity contribution is -0.384. The molecule has 69 heavy (non-hydrogen) atoms. The van der Waals surface area contributed by atoms with Crippen molar-refractivity contribution in [1.82, 2.24) is 29.5 Å². The third kappa shape index (κ3) is 10.3. The average Bonchev–Trinajstić information content (AvgIpc) is 3.69. The molecule has 2 aliphatic heterocycles. The number of nitriles is 1. The molecule has 1 amide bonds. The largest absolute Gasteiger partial charge is 0.455 e. The second-order valence-electron chi connectivity index (χ2n) is 20.0. The molecule has 0 radical (unpaired) electrons. The van der Waals surface area contributed by atoms with Crippen molar-refractivity contribution in [2.75, 3.05) is 56.0 Å². The molecular weight excluding hydrogens is 904 g/mol. The van der Waals surface area contributed by atoms with Crippen molar-refractivity contribution < 1.29 is 32.4 Å². The van der Waals surface area contributed by atoms with Crippen LogP contribution in [0.4, 0.5) is 21.6 Å². The number of pyridine rings is 2. The van der Waals surface area contributed by atoms with Crippen LogP contribution >= 0.6 is 0 Å². The van der Waals surface area contributed by atoms with E-state index in [-0.39, 0.29) is 45.6 Å². The van der Waals surface area contributed by atoms with Gasteiger partial charge in [-0.2, -0.15) is 5.26 Å². The number of nitrogens with one attached hydrogen (secondary N) is 3. The number of amides is 1. The Balaban J connectivity index is 0.908. The van der Waals surface area contributed by atoms with Gasteiger partial charge in [-0.25, -0.2) is 27.5 Å². The number of ether oxygens (including phenoxy) is 1. The third-order valence-corrected chi connectivity index (χ3v) is 16.3. The van der Waals surface area contributed by atoms with Crippen LogP contribution in [0.2, 0.25) is 0 Å². The fourth-order valence-electron chi connectivity index (χ4n) is 10.9. The summed E-state index contributed by atoms with van der Waals surface area (Å²) in [5.41, 5.74) is 2.45. The monoisotopic (exact) mass is 962 g/mol. The highest BCUT2D eigenvalue weighted by Gasteiger charge is 2.50. The predicted octanol–water partition coefficient (Wildman–Crippen LogP) is 8.02. The van der Waals surface area contributed by atoms with Crippen LogP contribution in [0.25, 0.3) is 11.0 Å². The lowest BCUT2D eigenvalue weighted by atomic mass is 9.59. The van der Waals surface area contributed by atoms with Crippen LogP contribution in [-0.4, -0.2) is 107 Å². The van der Waals surface area contributed by atoms with Crippen LogP contribution in [0.5, 0.6) is 11.5 Å². The fraction of sp³-hybridized carbons (Fsp3) is 0.480. The van der Waals surface area contributed by atoms with Crippen molar-refractivity contribution >= 4 is 44.2 Å². The van der Waals surface area contributed by atoms with Gasteiger partial charge in [-0.05, 0) is 105 Å². The molecule has 4 fully saturated rings. The van der Waals surface area contributed by atoms with Gasteiger partial charge in [-0.15, -0.1) is 0 Å². The quantitative estimate of drug-likeness (QED) is 0.0470. The molecule has 1 atom stereocenters. The molecule has 5 heterocycles. The average molecular weight is 963 g/mol. The number of sulfonamides is 1. The molecule has 19 heteroatoms. The predicted molar refractivity (Wildman–Crippen MR) is 258 cm³/mol. The number of aromatic nitrogens is 3. The molecule has 0 unspecified atom stereocenters. The maximum atomic E-state index is 14.7. The zero-order valence-electron chi connectivity index (χ0n) is 39.2. The number of piperidine rings is 1. The van der Waals surface area contributed by atoms with Gasteiger partial charge in [-0.1, -0.05) is 38.1 Å². The molecule has 9 rings (SSSR count). The number of hydrogen-bond acceptors (Lipinski definition) is 14. The minimum Gasteiger partial charge on any atom is -0.455 e. The zero-order chi connectivity index (χ0) is 48.7. The Morgan fingerprint density at radius 3 is 2.54 bits per heavy atom. The molecule has 17 nitrogen and oxygen atoms in total. The first-order chi connectivity index (χ1) is 33.0. The van der Waals surface area contributed by atoms with E-state index in [0.29, 0.717) is 56.4 Å². The molecular formula is C50H59FN10O7S. The molecule has 5 aromatic rings. The van der Waals surface area contributed by atoms with Crippen molar-refractivity contribution in [2.45, 2.75) is 101 Å². The maximum absolute atomic E-state index is 14.7. The van der Waals surface area contributed by atoms with E-state index in [1.165, 1.54) is 35.7 Å². The van der Waals surface area contributed by atoms with Gasteiger partial charge in [0.2, 0.25) is 5.82 Å². The summed E-state index contributed by atoms with van der Waals surface area (Å²) in [6, 6.07) is 18.9. The summed E-state index contributed by atoms with van der Waals surface area (Å²) >= 11 is 0. The number of nitro groups is 1. The Kier molecular flexibility index (Phi) is 13.4. The number of hydrogen-bond donors (Lipinski definition) is 4. The van der Waals surface area contributed by atoms with Crippen molar-refractivity contribution in [3.8, 4) is 17.6 Å². The summed E-state index contributed by atoms with van der Waals surface area (Å²) < 4.78 is 50.4. The normalized spacial score (nSPS) is 22.3. The number of piperazine rings is 1. The number of anilines is 2. The summed E-state index contributed by atoms with van der Waals surface area (Å²) in [6.07, 6.45) is 10.2. The zero-order valence-corrected chi connectivity index (χ0v) is 40.0.